The van der Waals surface area contributed by atoms with Gasteiger partial charge >= 0.3 is 0 Å². The van der Waals surface area contributed by atoms with Gasteiger partial charge in [-0.3, -0.25) is 0 Å². The lowest BCUT2D eigenvalue weighted by atomic mass is 10.4. The van der Waals surface area contributed by atoms with E-state index in [9.17, 15) is 0 Å². The molecule has 0 unspecified atom stereocenters. The van der Waals surface area contributed by atoms with Gasteiger partial charge in [-0.2, -0.15) is 5.90 Å². The molecule has 0 bridgehead atoms. The van der Waals surface area contributed by atoms with Crippen molar-refractivity contribution in [3.8, 4) is 11.6 Å². The number of pyridine rings is 1. The molecule has 4 nitrogen and oxygen atoms in total. The van der Waals surface area contributed by atoms with Gasteiger partial charge in [-0.05, 0) is 6.07 Å². The third kappa shape index (κ3) is 2.61. The van der Waals surface area contributed by atoms with Crippen LogP contribution in [0.4, 0.5) is 0 Å². The molecular weight excluding hydrogens is 168 g/mol. The van der Waals surface area contributed by atoms with Crippen LogP contribution < -0.4 is 15.5 Å². The average Bonchev–Trinajstić information content (AvgIpc) is 2.05. The van der Waals surface area contributed by atoms with E-state index in [1.165, 1.54) is 6.20 Å². The van der Waals surface area contributed by atoms with Crippen molar-refractivity contribution < 1.29 is 9.57 Å². The molecule has 0 fully saturated rings. The van der Waals surface area contributed by atoms with E-state index in [4.69, 9.17) is 10.6 Å². The summed E-state index contributed by atoms with van der Waals surface area (Å²) in [6.07, 6.45) is 1.48. The molecule has 0 spiro atoms. The van der Waals surface area contributed by atoms with Crippen molar-refractivity contribution in [3.05, 3.63) is 18.3 Å². The topological polar surface area (TPSA) is 57.4 Å². The average molecular weight is 177 g/mol. The Kier molecular flexibility index (Phi) is 4.33. The van der Waals surface area contributed by atoms with Crippen LogP contribution in [-0.2, 0) is 0 Å². The Balaban J connectivity index is 0.000001000. The molecule has 0 amide bonds. The Morgan fingerprint density at radius 1 is 1.45 bits per heavy atom. The third-order valence-corrected chi connectivity index (χ3v) is 1.05. The summed E-state index contributed by atoms with van der Waals surface area (Å²) in [6, 6.07) is 3.34. The number of rotatable bonds is 2. The molecule has 1 heterocycles. The molecule has 1 aromatic heterocycles. The van der Waals surface area contributed by atoms with Gasteiger partial charge in [0.05, 0.1) is 13.3 Å². The molecule has 1 aromatic rings. The van der Waals surface area contributed by atoms with Crippen LogP contribution >= 0.6 is 12.4 Å². The number of nitrogens with two attached hydrogens (primary N) is 1. The maximum atomic E-state index is 4.86. The SMILES string of the molecule is COc1ccc(ON)cn1.Cl. The first-order chi connectivity index (χ1) is 4.86. The molecule has 2 N–H and O–H groups in total. The van der Waals surface area contributed by atoms with Crippen molar-refractivity contribution in [2.45, 2.75) is 0 Å². The fraction of sp³-hybridized carbons (Fsp3) is 0.167. The minimum atomic E-state index is 0. The second-order valence-corrected chi connectivity index (χ2v) is 1.65. The lowest BCUT2D eigenvalue weighted by Gasteiger charge is -1.98. The van der Waals surface area contributed by atoms with Gasteiger partial charge in [0.15, 0.2) is 5.75 Å². The monoisotopic (exact) mass is 176 g/mol. The molecule has 0 aliphatic carbocycles. The summed E-state index contributed by atoms with van der Waals surface area (Å²) < 4.78 is 4.81. The van der Waals surface area contributed by atoms with E-state index in [1.807, 2.05) is 0 Å². The van der Waals surface area contributed by atoms with Crippen LogP contribution in [-0.4, -0.2) is 12.1 Å². The first kappa shape index (κ1) is 10.0. The summed E-state index contributed by atoms with van der Waals surface area (Å²) in [4.78, 5) is 8.24. The number of methoxy groups -OCH3 is 1. The lowest BCUT2D eigenvalue weighted by molar-refractivity contribution is 0.330. The zero-order valence-electron chi connectivity index (χ0n) is 5.98. The standard InChI is InChI=1S/C6H8N2O2.ClH/c1-9-6-3-2-5(10-7)4-8-6;/h2-4H,7H2,1H3;1H. The van der Waals surface area contributed by atoms with Gasteiger partial charge in [-0.15, -0.1) is 12.4 Å². The molecule has 0 aliphatic heterocycles. The Labute approximate surface area is 70.7 Å². The van der Waals surface area contributed by atoms with Crippen molar-refractivity contribution in [3.63, 3.8) is 0 Å². The number of hydrogen-bond donors (Lipinski definition) is 1. The van der Waals surface area contributed by atoms with Crippen LogP contribution in [0, 0.1) is 0 Å². The van der Waals surface area contributed by atoms with Gasteiger partial charge < -0.3 is 9.57 Å². The number of ether oxygens (including phenoxy) is 1. The van der Waals surface area contributed by atoms with E-state index >= 15 is 0 Å². The predicted octanol–water partition coefficient (Wildman–Crippen LogP) is 0.764. The molecule has 0 atom stereocenters. The molecular formula is C6H9ClN2O2. The van der Waals surface area contributed by atoms with Crippen LogP contribution in [0.1, 0.15) is 0 Å². The van der Waals surface area contributed by atoms with E-state index in [0.29, 0.717) is 11.6 Å². The molecule has 62 valence electrons. The summed E-state index contributed by atoms with van der Waals surface area (Å²) in [6.45, 7) is 0. The summed E-state index contributed by atoms with van der Waals surface area (Å²) >= 11 is 0. The number of nitrogens with zero attached hydrogens (tertiary/aromatic N) is 1. The maximum absolute atomic E-state index is 4.86. The highest BCUT2D eigenvalue weighted by Crippen LogP contribution is 2.10. The summed E-state index contributed by atoms with van der Waals surface area (Å²) in [5, 5.41) is 0. The molecule has 0 aromatic carbocycles. The normalized spacial score (nSPS) is 8.18. The highest BCUT2D eigenvalue weighted by Gasteiger charge is 1.92. The van der Waals surface area contributed by atoms with E-state index in [0.717, 1.165) is 0 Å². The zero-order valence-corrected chi connectivity index (χ0v) is 6.80. The zero-order chi connectivity index (χ0) is 7.40. The van der Waals surface area contributed by atoms with Gasteiger partial charge in [0.25, 0.3) is 0 Å². The molecule has 0 saturated heterocycles. The van der Waals surface area contributed by atoms with Crippen LogP contribution in [0.25, 0.3) is 0 Å². The number of halogens is 1. The summed E-state index contributed by atoms with van der Waals surface area (Å²) in [5.74, 6) is 5.92. The lowest BCUT2D eigenvalue weighted by Crippen LogP contribution is -2.01. The van der Waals surface area contributed by atoms with Gasteiger partial charge in [0, 0.05) is 6.07 Å². The minimum absolute atomic E-state index is 0. The molecule has 11 heavy (non-hydrogen) atoms. The van der Waals surface area contributed by atoms with Crippen LogP contribution in [0.2, 0.25) is 0 Å². The number of aromatic nitrogens is 1. The second kappa shape index (κ2) is 4.76. The largest absolute Gasteiger partial charge is 0.481 e. The molecule has 1 rings (SSSR count). The Bertz CT molecular complexity index is 179. The van der Waals surface area contributed by atoms with Crippen molar-refractivity contribution in [2.24, 2.45) is 5.90 Å². The maximum Gasteiger partial charge on any atom is 0.213 e. The smallest absolute Gasteiger partial charge is 0.213 e. The third-order valence-electron chi connectivity index (χ3n) is 1.05. The molecule has 5 heteroatoms. The van der Waals surface area contributed by atoms with E-state index in [2.05, 4.69) is 9.82 Å². The Hall–Kier alpha value is -1.00. The molecule has 0 aliphatic rings. The first-order valence-electron chi connectivity index (χ1n) is 2.73. The summed E-state index contributed by atoms with van der Waals surface area (Å²) in [7, 11) is 1.55. The second-order valence-electron chi connectivity index (χ2n) is 1.65. The quantitative estimate of drug-likeness (QED) is 0.677. The van der Waals surface area contributed by atoms with Crippen molar-refractivity contribution in [1.29, 1.82) is 0 Å². The number of hydrogen-bond acceptors (Lipinski definition) is 4. The van der Waals surface area contributed by atoms with Gasteiger partial charge in [-0.1, -0.05) is 0 Å². The Morgan fingerprint density at radius 2 is 2.18 bits per heavy atom. The van der Waals surface area contributed by atoms with Crippen molar-refractivity contribution >= 4 is 12.4 Å². The van der Waals surface area contributed by atoms with Crippen LogP contribution in [0.3, 0.4) is 0 Å². The van der Waals surface area contributed by atoms with Crippen molar-refractivity contribution in [2.75, 3.05) is 7.11 Å². The molecule has 0 saturated carbocycles. The van der Waals surface area contributed by atoms with Gasteiger partial charge in [0.2, 0.25) is 5.88 Å². The summed E-state index contributed by atoms with van der Waals surface area (Å²) in [5.41, 5.74) is 0. The predicted molar refractivity (Wildman–Crippen MR) is 42.9 cm³/mol. The fourth-order valence-electron chi connectivity index (χ4n) is 0.557. The minimum Gasteiger partial charge on any atom is -0.481 e. The van der Waals surface area contributed by atoms with Gasteiger partial charge in [0.1, 0.15) is 0 Å². The van der Waals surface area contributed by atoms with E-state index < -0.39 is 0 Å². The van der Waals surface area contributed by atoms with Crippen LogP contribution in [0.5, 0.6) is 11.6 Å². The molecule has 0 radical (unpaired) electrons. The van der Waals surface area contributed by atoms with Crippen LogP contribution in [0.15, 0.2) is 18.3 Å². The van der Waals surface area contributed by atoms with E-state index in [-0.39, 0.29) is 12.4 Å². The first-order valence-corrected chi connectivity index (χ1v) is 2.73. The fourth-order valence-corrected chi connectivity index (χ4v) is 0.557. The van der Waals surface area contributed by atoms with E-state index in [1.54, 1.807) is 19.2 Å². The highest BCUT2D eigenvalue weighted by atomic mass is 35.5. The highest BCUT2D eigenvalue weighted by molar-refractivity contribution is 5.85. The van der Waals surface area contributed by atoms with Gasteiger partial charge in [-0.25, -0.2) is 4.98 Å². The Morgan fingerprint density at radius 3 is 2.55 bits per heavy atom. The van der Waals surface area contributed by atoms with Crippen molar-refractivity contribution in [1.82, 2.24) is 4.98 Å².